The van der Waals surface area contributed by atoms with Gasteiger partial charge in [-0.2, -0.15) is 11.3 Å². The minimum absolute atomic E-state index is 0.339. The van der Waals surface area contributed by atoms with Crippen molar-refractivity contribution in [1.82, 2.24) is 14.9 Å². The number of rotatable bonds is 3. The van der Waals surface area contributed by atoms with E-state index in [0.29, 0.717) is 11.4 Å². The topological polar surface area (TPSA) is 32.3 Å². The summed E-state index contributed by atoms with van der Waals surface area (Å²) >= 11 is 1.77. The predicted octanol–water partition coefficient (Wildman–Crippen LogP) is 3.17. The summed E-state index contributed by atoms with van der Waals surface area (Å²) in [5, 5.41) is 4.39. The van der Waals surface area contributed by atoms with Crippen molar-refractivity contribution in [2.24, 2.45) is 5.41 Å². The standard InChI is InChI=1S/C17H21FN4S/c18-15-8-19-16(20-9-15)22-5-1-3-17(13-22)4-6-21(12-17)10-14-2-7-23-11-14/h2,7-9,11H,1,3-6,10,12-13H2. The summed E-state index contributed by atoms with van der Waals surface area (Å²) in [6.07, 6.45) is 6.19. The van der Waals surface area contributed by atoms with Crippen molar-refractivity contribution in [3.63, 3.8) is 0 Å². The van der Waals surface area contributed by atoms with Crippen LogP contribution in [0, 0.1) is 11.2 Å². The molecule has 23 heavy (non-hydrogen) atoms. The Labute approximate surface area is 140 Å². The smallest absolute Gasteiger partial charge is 0.225 e. The summed E-state index contributed by atoms with van der Waals surface area (Å²) < 4.78 is 13.0. The molecule has 1 unspecified atom stereocenters. The largest absolute Gasteiger partial charge is 0.340 e. The van der Waals surface area contributed by atoms with E-state index in [2.05, 4.69) is 36.6 Å². The van der Waals surface area contributed by atoms with Crippen LogP contribution >= 0.6 is 11.3 Å². The van der Waals surface area contributed by atoms with Crippen LogP contribution in [-0.2, 0) is 6.54 Å². The molecule has 1 spiro atoms. The number of piperidine rings is 1. The van der Waals surface area contributed by atoms with Gasteiger partial charge in [-0.05, 0) is 48.2 Å². The van der Waals surface area contributed by atoms with Crippen LogP contribution in [0.1, 0.15) is 24.8 Å². The van der Waals surface area contributed by atoms with Crippen LogP contribution in [0.4, 0.5) is 10.3 Å². The van der Waals surface area contributed by atoms with E-state index in [1.165, 1.54) is 30.8 Å². The Bertz CT molecular complexity index is 645. The second-order valence-electron chi connectivity index (χ2n) is 6.82. The Kier molecular flexibility index (Phi) is 4.03. The average Bonchev–Trinajstić information content (AvgIpc) is 3.19. The molecule has 2 saturated heterocycles. The summed E-state index contributed by atoms with van der Waals surface area (Å²) in [6.45, 7) is 5.31. The molecule has 2 aromatic rings. The summed E-state index contributed by atoms with van der Waals surface area (Å²) in [6, 6.07) is 2.22. The van der Waals surface area contributed by atoms with E-state index in [-0.39, 0.29) is 5.82 Å². The third-order valence-corrected chi connectivity index (χ3v) is 5.79. The lowest BCUT2D eigenvalue weighted by molar-refractivity contribution is 0.215. The van der Waals surface area contributed by atoms with Crippen LogP contribution in [0.25, 0.3) is 0 Å². The Morgan fingerprint density at radius 1 is 1.17 bits per heavy atom. The van der Waals surface area contributed by atoms with Gasteiger partial charge in [-0.3, -0.25) is 4.90 Å². The number of halogens is 1. The lowest BCUT2D eigenvalue weighted by atomic mass is 9.79. The predicted molar refractivity (Wildman–Crippen MR) is 90.1 cm³/mol. The first-order valence-corrected chi connectivity index (χ1v) is 9.13. The number of anilines is 1. The molecule has 2 aromatic heterocycles. The highest BCUT2D eigenvalue weighted by Crippen LogP contribution is 2.40. The maximum absolute atomic E-state index is 13.0. The van der Waals surface area contributed by atoms with E-state index in [0.717, 1.165) is 39.1 Å². The third kappa shape index (κ3) is 3.23. The van der Waals surface area contributed by atoms with E-state index >= 15 is 0 Å². The molecule has 6 heteroatoms. The summed E-state index contributed by atoms with van der Waals surface area (Å²) in [5.74, 6) is 0.296. The molecule has 4 nitrogen and oxygen atoms in total. The Balaban J connectivity index is 1.43. The van der Waals surface area contributed by atoms with Crippen LogP contribution in [0.3, 0.4) is 0 Å². The molecule has 122 valence electrons. The SMILES string of the molecule is Fc1cnc(N2CCCC3(CCN(Cc4ccsc4)C3)C2)nc1. The quantitative estimate of drug-likeness (QED) is 0.864. The first-order chi connectivity index (χ1) is 11.2. The minimum Gasteiger partial charge on any atom is -0.340 e. The monoisotopic (exact) mass is 332 g/mol. The minimum atomic E-state index is -0.372. The molecule has 2 aliphatic rings. The van der Waals surface area contributed by atoms with Gasteiger partial charge in [-0.1, -0.05) is 0 Å². The molecule has 4 heterocycles. The van der Waals surface area contributed by atoms with Crippen LogP contribution in [-0.4, -0.2) is 41.0 Å². The first-order valence-electron chi connectivity index (χ1n) is 8.18. The van der Waals surface area contributed by atoms with Crippen LogP contribution in [0.15, 0.2) is 29.2 Å². The van der Waals surface area contributed by atoms with Crippen molar-refractivity contribution < 1.29 is 4.39 Å². The van der Waals surface area contributed by atoms with Gasteiger partial charge in [0.1, 0.15) is 0 Å². The van der Waals surface area contributed by atoms with E-state index < -0.39 is 0 Å². The zero-order valence-electron chi connectivity index (χ0n) is 13.1. The van der Waals surface area contributed by atoms with Gasteiger partial charge in [0.15, 0.2) is 5.82 Å². The molecule has 0 aromatic carbocycles. The van der Waals surface area contributed by atoms with E-state index in [1.807, 2.05) is 0 Å². The number of aromatic nitrogens is 2. The van der Waals surface area contributed by atoms with E-state index in [9.17, 15) is 4.39 Å². The van der Waals surface area contributed by atoms with Crippen molar-refractivity contribution in [1.29, 1.82) is 0 Å². The lowest BCUT2D eigenvalue weighted by Gasteiger charge is -2.40. The van der Waals surface area contributed by atoms with Gasteiger partial charge in [-0.25, -0.2) is 14.4 Å². The fourth-order valence-corrected chi connectivity index (χ4v) is 4.64. The molecule has 2 fully saturated rings. The number of hydrogen-bond acceptors (Lipinski definition) is 5. The molecule has 0 bridgehead atoms. The zero-order valence-corrected chi connectivity index (χ0v) is 13.9. The number of likely N-dealkylation sites (tertiary alicyclic amines) is 1. The first kappa shape index (κ1) is 15.0. The van der Waals surface area contributed by atoms with Gasteiger partial charge in [0.2, 0.25) is 5.95 Å². The molecule has 0 amide bonds. The number of hydrogen-bond donors (Lipinski definition) is 0. The van der Waals surface area contributed by atoms with E-state index in [1.54, 1.807) is 11.3 Å². The van der Waals surface area contributed by atoms with Gasteiger partial charge in [0, 0.05) is 31.6 Å². The van der Waals surface area contributed by atoms with Gasteiger partial charge in [0.05, 0.1) is 12.4 Å². The second kappa shape index (κ2) is 6.17. The molecule has 4 rings (SSSR count). The van der Waals surface area contributed by atoms with Crippen molar-refractivity contribution in [3.05, 3.63) is 40.6 Å². The van der Waals surface area contributed by atoms with Crippen LogP contribution in [0.5, 0.6) is 0 Å². The maximum Gasteiger partial charge on any atom is 0.225 e. The Morgan fingerprint density at radius 3 is 2.83 bits per heavy atom. The lowest BCUT2D eigenvalue weighted by Crippen LogP contribution is -2.45. The third-order valence-electron chi connectivity index (χ3n) is 5.05. The highest BCUT2D eigenvalue weighted by atomic mass is 32.1. The Morgan fingerprint density at radius 2 is 2.04 bits per heavy atom. The molecule has 0 radical (unpaired) electrons. The zero-order chi connectivity index (χ0) is 15.7. The average molecular weight is 332 g/mol. The van der Waals surface area contributed by atoms with Gasteiger partial charge in [0.25, 0.3) is 0 Å². The fraction of sp³-hybridized carbons (Fsp3) is 0.529. The van der Waals surface area contributed by atoms with Crippen molar-refractivity contribution >= 4 is 17.3 Å². The van der Waals surface area contributed by atoms with Crippen molar-refractivity contribution in [3.8, 4) is 0 Å². The van der Waals surface area contributed by atoms with Crippen molar-refractivity contribution in [2.75, 3.05) is 31.1 Å². The van der Waals surface area contributed by atoms with Crippen LogP contribution in [0.2, 0.25) is 0 Å². The van der Waals surface area contributed by atoms with Crippen molar-refractivity contribution in [2.45, 2.75) is 25.8 Å². The van der Waals surface area contributed by atoms with Gasteiger partial charge < -0.3 is 4.90 Å². The van der Waals surface area contributed by atoms with E-state index in [4.69, 9.17) is 0 Å². The van der Waals surface area contributed by atoms with Gasteiger partial charge >= 0.3 is 0 Å². The summed E-state index contributed by atoms with van der Waals surface area (Å²) in [7, 11) is 0. The molecular formula is C17H21FN4S. The number of thiophene rings is 1. The summed E-state index contributed by atoms with van der Waals surface area (Å²) in [5.41, 5.74) is 1.76. The Hall–Kier alpha value is -1.53. The maximum atomic E-state index is 13.0. The molecule has 1 atom stereocenters. The number of nitrogens with zero attached hydrogens (tertiary/aromatic N) is 4. The molecule has 0 N–H and O–H groups in total. The van der Waals surface area contributed by atoms with Crippen LogP contribution < -0.4 is 4.90 Å². The molecule has 2 aliphatic heterocycles. The fourth-order valence-electron chi connectivity index (χ4n) is 3.98. The normalized spacial score (nSPS) is 25.3. The molecule has 0 saturated carbocycles. The van der Waals surface area contributed by atoms with Gasteiger partial charge in [-0.15, -0.1) is 0 Å². The highest BCUT2D eigenvalue weighted by Gasteiger charge is 2.41. The highest BCUT2D eigenvalue weighted by molar-refractivity contribution is 7.07. The molecular weight excluding hydrogens is 311 g/mol. The summed E-state index contributed by atoms with van der Waals surface area (Å²) in [4.78, 5) is 13.1. The molecule has 0 aliphatic carbocycles. The second-order valence-corrected chi connectivity index (χ2v) is 7.60.